The van der Waals surface area contributed by atoms with E-state index in [-0.39, 0.29) is 17.7 Å². The molecule has 142 valence electrons. The van der Waals surface area contributed by atoms with Crippen LogP contribution in [-0.4, -0.2) is 39.7 Å². The highest BCUT2D eigenvalue weighted by Crippen LogP contribution is 2.20. The molecule has 0 aliphatic rings. The van der Waals surface area contributed by atoms with Crippen molar-refractivity contribution in [1.29, 1.82) is 0 Å². The molecule has 0 fully saturated rings. The third-order valence-corrected chi connectivity index (χ3v) is 4.96. The fraction of sp³-hybridized carbons (Fsp3) is 0.368. The Bertz CT molecular complexity index is 947. The fourth-order valence-electron chi connectivity index (χ4n) is 2.69. The van der Waals surface area contributed by atoms with E-state index in [9.17, 15) is 9.59 Å². The van der Waals surface area contributed by atoms with Gasteiger partial charge in [-0.25, -0.2) is 9.67 Å². The maximum Gasteiger partial charge on any atom is 0.252 e. The van der Waals surface area contributed by atoms with Crippen LogP contribution in [0.5, 0.6) is 0 Å². The summed E-state index contributed by atoms with van der Waals surface area (Å²) in [5.74, 6) is -0.293. The summed E-state index contributed by atoms with van der Waals surface area (Å²) in [5, 5.41) is 12.8. The van der Waals surface area contributed by atoms with Crippen LogP contribution >= 0.6 is 11.3 Å². The highest BCUT2D eigenvalue weighted by molar-refractivity contribution is 7.09. The van der Waals surface area contributed by atoms with Crippen LogP contribution in [0, 0.1) is 12.8 Å². The number of pyridine rings is 1. The second-order valence-corrected chi connectivity index (χ2v) is 7.66. The van der Waals surface area contributed by atoms with Gasteiger partial charge in [0.05, 0.1) is 23.7 Å². The second-order valence-electron chi connectivity index (χ2n) is 6.63. The maximum atomic E-state index is 12.6. The number of amides is 2. The molecule has 0 saturated carbocycles. The van der Waals surface area contributed by atoms with Gasteiger partial charge in [0.1, 0.15) is 0 Å². The topological polar surface area (TPSA) is 88.9 Å². The Morgan fingerprint density at radius 1 is 1.26 bits per heavy atom. The van der Waals surface area contributed by atoms with Crippen molar-refractivity contribution in [2.45, 2.75) is 27.3 Å². The van der Waals surface area contributed by atoms with Gasteiger partial charge < -0.3 is 10.6 Å². The molecular weight excluding hydrogens is 362 g/mol. The normalized spacial score (nSPS) is 11.1. The van der Waals surface area contributed by atoms with Crippen LogP contribution in [0.25, 0.3) is 11.0 Å². The van der Waals surface area contributed by atoms with Crippen LogP contribution in [0.3, 0.4) is 0 Å². The Morgan fingerprint density at radius 3 is 2.74 bits per heavy atom. The van der Waals surface area contributed by atoms with E-state index in [0.29, 0.717) is 30.8 Å². The van der Waals surface area contributed by atoms with Crippen molar-refractivity contribution in [1.82, 2.24) is 25.4 Å². The highest BCUT2D eigenvalue weighted by Gasteiger charge is 2.16. The van der Waals surface area contributed by atoms with Crippen LogP contribution in [0.2, 0.25) is 0 Å². The van der Waals surface area contributed by atoms with E-state index in [1.807, 2.05) is 43.0 Å². The van der Waals surface area contributed by atoms with Gasteiger partial charge in [-0.1, -0.05) is 19.9 Å². The van der Waals surface area contributed by atoms with Crippen molar-refractivity contribution in [3.05, 3.63) is 45.9 Å². The summed E-state index contributed by atoms with van der Waals surface area (Å²) in [5.41, 5.74) is 2.00. The SMILES string of the molecule is Cc1cc(C(=O)NCCNC(=O)C(C)C)c2cnn(Cc3cccs3)c2n1. The second kappa shape index (κ2) is 8.30. The molecule has 0 aliphatic carbocycles. The minimum absolute atomic E-state index is 0.0266. The van der Waals surface area contributed by atoms with Crippen molar-refractivity contribution in [2.24, 2.45) is 5.92 Å². The molecule has 2 amide bonds. The molecule has 0 radical (unpaired) electrons. The molecular formula is C19H23N5O2S. The summed E-state index contributed by atoms with van der Waals surface area (Å²) in [6, 6.07) is 5.82. The van der Waals surface area contributed by atoms with Gasteiger partial charge >= 0.3 is 0 Å². The third-order valence-electron chi connectivity index (χ3n) is 4.10. The standard InChI is InChI=1S/C19H23N5O2S/c1-12(2)18(25)20-6-7-21-19(26)15-9-13(3)23-17-16(15)10-22-24(17)11-14-5-4-8-27-14/h4-5,8-10,12H,6-7,11H2,1-3H3,(H,20,25)(H,21,26). The molecule has 0 saturated heterocycles. The van der Waals surface area contributed by atoms with Gasteiger partial charge in [-0.05, 0) is 24.4 Å². The molecule has 0 bridgehead atoms. The van der Waals surface area contributed by atoms with Crippen molar-refractivity contribution in [2.75, 3.05) is 13.1 Å². The molecule has 0 spiro atoms. The van der Waals surface area contributed by atoms with Crippen LogP contribution in [0.1, 0.15) is 34.8 Å². The minimum atomic E-state index is -0.194. The first-order valence-electron chi connectivity index (χ1n) is 8.87. The van der Waals surface area contributed by atoms with Gasteiger partial charge in [0, 0.05) is 29.6 Å². The highest BCUT2D eigenvalue weighted by atomic mass is 32.1. The van der Waals surface area contributed by atoms with Crippen molar-refractivity contribution < 1.29 is 9.59 Å². The molecule has 3 heterocycles. The summed E-state index contributed by atoms with van der Waals surface area (Å²) in [6.45, 7) is 6.91. The molecule has 3 rings (SSSR count). The van der Waals surface area contributed by atoms with E-state index in [2.05, 4.69) is 20.7 Å². The van der Waals surface area contributed by atoms with Gasteiger partial charge in [0.2, 0.25) is 5.91 Å². The Morgan fingerprint density at radius 2 is 2.04 bits per heavy atom. The van der Waals surface area contributed by atoms with Gasteiger partial charge in [0.25, 0.3) is 5.91 Å². The van der Waals surface area contributed by atoms with Crippen molar-refractivity contribution in [3.63, 3.8) is 0 Å². The maximum absolute atomic E-state index is 12.6. The van der Waals surface area contributed by atoms with E-state index in [4.69, 9.17) is 0 Å². The van der Waals surface area contributed by atoms with E-state index >= 15 is 0 Å². The van der Waals surface area contributed by atoms with Crippen LogP contribution in [0.15, 0.2) is 29.8 Å². The third kappa shape index (κ3) is 4.51. The lowest BCUT2D eigenvalue weighted by Gasteiger charge is -2.10. The number of thiophene rings is 1. The predicted octanol–water partition coefficient (Wildman–Crippen LogP) is 2.35. The minimum Gasteiger partial charge on any atom is -0.354 e. The molecule has 2 N–H and O–H groups in total. The van der Waals surface area contributed by atoms with Gasteiger partial charge in [0.15, 0.2) is 5.65 Å². The van der Waals surface area contributed by atoms with Gasteiger partial charge in [-0.15, -0.1) is 11.3 Å². The summed E-state index contributed by atoms with van der Waals surface area (Å²) in [6.07, 6.45) is 1.69. The lowest BCUT2D eigenvalue weighted by molar-refractivity contribution is -0.123. The molecule has 0 atom stereocenters. The van der Waals surface area contributed by atoms with Crippen LogP contribution in [-0.2, 0) is 11.3 Å². The monoisotopic (exact) mass is 385 g/mol. The Hall–Kier alpha value is -2.74. The Labute approximate surface area is 161 Å². The number of nitrogens with one attached hydrogen (secondary N) is 2. The van der Waals surface area contributed by atoms with E-state index in [0.717, 1.165) is 11.1 Å². The summed E-state index contributed by atoms with van der Waals surface area (Å²) in [4.78, 5) is 29.9. The summed E-state index contributed by atoms with van der Waals surface area (Å²) >= 11 is 1.66. The van der Waals surface area contributed by atoms with E-state index in [1.165, 1.54) is 4.88 Å². The number of carbonyl (C=O) groups excluding carboxylic acids is 2. The lowest BCUT2D eigenvalue weighted by atomic mass is 10.1. The average Bonchev–Trinajstić information content (AvgIpc) is 3.28. The molecule has 3 aromatic rings. The zero-order chi connectivity index (χ0) is 19.4. The molecule has 0 unspecified atom stereocenters. The molecule has 3 aromatic heterocycles. The summed E-state index contributed by atoms with van der Waals surface area (Å²) in [7, 11) is 0. The number of rotatable bonds is 7. The Kier molecular flexibility index (Phi) is 5.85. The number of aromatic nitrogens is 3. The number of hydrogen-bond donors (Lipinski definition) is 2. The lowest BCUT2D eigenvalue weighted by Crippen LogP contribution is -2.36. The van der Waals surface area contributed by atoms with Crippen LogP contribution < -0.4 is 10.6 Å². The summed E-state index contributed by atoms with van der Waals surface area (Å²) < 4.78 is 1.81. The number of aryl methyl sites for hydroxylation is 1. The van der Waals surface area contributed by atoms with Crippen molar-refractivity contribution >= 4 is 34.2 Å². The number of carbonyl (C=O) groups is 2. The van der Waals surface area contributed by atoms with E-state index < -0.39 is 0 Å². The van der Waals surface area contributed by atoms with Crippen LogP contribution in [0.4, 0.5) is 0 Å². The molecule has 0 aliphatic heterocycles. The number of hydrogen-bond acceptors (Lipinski definition) is 5. The quantitative estimate of drug-likeness (QED) is 0.611. The zero-order valence-corrected chi connectivity index (χ0v) is 16.5. The van der Waals surface area contributed by atoms with Crippen molar-refractivity contribution in [3.8, 4) is 0 Å². The number of fused-ring (bicyclic) bond motifs is 1. The smallest absolute Gasteiger partial charge is 0.252 e. The first kappa shape index (κ1) is 19.0. The Balaban J connectivity index is 1.73. The predicted molar refractivity (Wildman–Crippen MR) is 106 cm³/mol. The van der Waals surface area contributed by atoms with Gasteiger partial charge in [-0.2, -0.15) is 5.10 Å². The average molecular weight is 385 g/mol. The largest absolute Gasteiger partial charge is 0.354 e. The fourth-order valence-corrected chi connectivity index (χ4v) is 3.37. The molecule has 27 heavy (non-hydrogen) atoms. The molecule has 7 nitrogen and oxygen atoms in total. The van der Waals surface area contributed by atoms with Gasteiger partial charge in [-0.3, -0.25) is 9.59 Å². The molecule has 0 aromatic carbocycles. The number of nitrogens with zero attached hydrogens (tertiary/aromatic N) is 3. The molecule has 8 heteroatoms. The first-order valence-corrected chi connectivity index (χ1v) is 9.75. The zero-order valence-electron chi connectivity index (χ0n) is 15.7. The first-order chi connectivity index (χ1) is 13.0. The van der Waals surface area contributed by atoms with E-state index in [1.54, 1.807) is 23.6 Å².